The predicted octanol–water partition coefficient (Wildman–Crippen LogP) is 5.62. The Hall–Kier alpha value is -2.84. The summed E-state index contributed by atoms with van der Waals surface area (Å²) in [5.41, 5.74) is 7.01. The number of hydrazone groups is 2. The summed E-state index contributed by atoms with van der Waals surface area (Å²) in [4.78, 5) is 23.7. The number of nitrogens with one attached hydrogen (secondary N) is 2. The van der Waals surface area contributed by atoms with Gasteiger partial charge in [-0.2, -0.15) is 10.2 Å². The molecule has 0 bridgehead atoms. The Balaban J connectivity index is 1.59. The van der Waals surface area contributed by atoms with Crippen molar-refractivity contribution in [2.24, 2.45) is 10.2 Å². The van der Waals surface area contributed by atoms with E-state index in [1.807, 2.05) is 72.8 Å². The zero-order valence-electron chi connectivity index (χ0n) is 17.4. The molecule has 8 heteroatoms. The summed E-state index contributed by atoms with van der Waals surface area (Å²) in [5.74, 6) is -0.399. The molecule has 0 saturated heterocycles. The molecule has 0 saturated carbocycles. The van der Waals surface area contributed by atoms with Gasteiger partial charge in [0.25, 0.3) is 0 Å². The number of carbonyl (C=O) groups excluding carboxylic acids is 2. The van der Waals surface area contributed by atoms with Crippen molar-refractivity contribution in [3.05, 3.63) is 80.8 Å². The van der Waals surface area contributed by atoms with Gasteiger partial charge in [-0.1, -0.05) is 60.7 Å². The molecule has 0 aliphatic carbocycles. The molecule has 2 aromatic rings. The fourth-order valence-corrected chi connectivity index (χ4v) is 3.24. The Kier molecular flexibility index (Phi) is 12.0. The average molecular weight is 560 g/mol. The van der Waals surface area contributed by atoms with Crippen LogP contribution in [0.2, 0.25) is 0 Å². The zero-order valence-corrected chi connectivity index (χ0v) is 20.6. The number of benzene rings is 2. The average Bonchev–Trinajstić information content (AvgIpc) is 2.78. The zero-order chi connectivity index (χ0) is 23.0. The van der Waals surface area contributed by atoms with Gasteiger partial charge in [-0.05, 0) is 68.0 Å². The smallest absolute Gasteiger partial charge is 0.240 e. The van der Waals surface area contributed by atoms with Crippen LogP contribution >= 0.6 is 31.9 Å². The van der Waals surface area contributed by atoms with Gasteiger partial charge in [0.2, 0.25) is 11.8 Å². The molecular formula is C24H24Br2N4O2. The lowest BCUT2D eigenvalue weighted by Gasteiger charge is -2.01. The summed E-state index contributed by atoms with van der Waals surface area (Å²) in [6.45, 7) is 0. The van der Waals surface area contributed by atoms with E-state index < -0.39 is 0 Å². The van der Waals surface area contributed by atoms with E-state index in [0.29, 0.717) is 25.7 Å². The minimum Gasteiger partial charge on any atom is -0.273 e. The van der Waals surface area contributed by atoms with Crippen LogP contribution in [0.25, 0.3) is 12.2 Å². The highest BCUT2D eigenvalue weighted by atomic mass is 79.9. The van der Waals surface area contributed by atoms with Crippen molar-refractivity contribution in [1.82, 2.24) is 10.9 Å². The summed E-state index contributed by atoms with van der Waals surface area (Å²) in [6, 6.07) is 19.5. The molecule has 0 heterocycles. The quantitative estimate of drug-likeness (QED) is 0.213. The molecule has 2 N–H and O–H groups in total. The monoisotopic (exact) mass is 558 g/mol. The van der Waals surface area contributed by atoms with E-state index in [1.165, 1.54) is 12.4 Å². The van der Waals surface area contributed by atoms with Crippen LogP contribution in [0.1, 0.15) is 36.8 Å². The second kappa shape index (κ2) is 15.0. The maximum absolute atomic E-state index is 11.8. The third kappa shape index (κ3) is 11.5. The minimum atomic E-state index is -0.199. The molecule has 6 nitrogen and oxygen atoms in total. The number of unbranched alkanes of at least 4 members (excludes halogenated alkanes) is 1. The lowest BCUT2D eigenvalue weighted by atomic mass is 10.2. The SMILES string of the molecule is O=C(CCCCC(=O)NN=C/C(Br)=C/c1ccccc1)NN=C/C(Br)=C/c1ccccc1. The van der Waals surface area contributed by atoms with Gasteiger partial charge in [0.15, 0.2) is 0 Å². The predicted molar refractivity (Wildman–Crippen MR) is 138 cm³/mol. The normalized spacial score (nSPS) is 12.3. The van der Waals surface area contributed by atoms with Crippen LogP contribution in [-0.2, 0) is 9.59 Å². The van der Waals surface area contributed by atoms with Gasteiger partial charge in [-0.3, -0.25) is 9.59 Å². The molecular weight excluding hydrogens is 536 g/mol. The highest BCUT2D eigenvalue weighted by Crippen LogP contribution is 2.10. The van der Waals surface area contributed by atoms with Crippen LogP contribution in [0.5, 0.6) is 0 Å². The van der Waals surface area contributed by atoms with Gasteiger partial charge < -0.3 is 0 Å². The topological polar surface area (TPSA) is 82.9 Å². The first-order valence-electron chi connectivity index (χ1n) is 10.0. The van der Waals surface area contributed by atoms with Gasteiger partial charge in [0.05, 0.1) is 12.4 Å². The maximum atomic E-state index is 11.8. The van der Waals surface area contributed by atoms with Crippen molar-refractivity contribution in [2.45, 2.75) is 25.7 Å². The first kappa shape index (κ1) is 25.4. The van der Waals surface area contributed by atoms with E-state index in [2.05, 4.69) is 52.9 Å². The van der Waals surface area contributed by atoms with Gasteiger partial charge >= 0.3 is 0 Å². The molecule has 0 aromatic heterocycles. The number of carbonyl (C=O) groups is 2. The Morgan fingerprint density at radius 1 is 0.688 bits per heavy atom. The van der Waals surface area contributed by atoms with E-state index in [1.54, 1.807) is 0 Å². The third-order valence-electron chi connectivity index (χ3n) is 4.02. The number of halogens is 2. The molecule has 0 aliphatic heterocycles. The number of amides is 2. The van der Waals surface area contributed by atoms with Crippen LogP contribution in [0, 0.1) is 0 Å². The lowest BCUT2D eigenvalue weighted by Crippen LogP contribution is -2.18. The second-order valence-corrected chi connectivity index (χ2v) is 8.50. The molecule has 0 unspecified atom stereocenters. The molecule has 2 rings (SSSR count). The van der Waals surface area contributed by atoms with Gasteiger partial charge in [0.1, 0.15) is 0 Å². The molecule has 0 aliphatic rings. The van der Waals surface area contributed by atoms with E-state index in [4.69, 9.17) is 0 Å². The summed E-state index contributed by atoms with van der Waals surface area (Å²) >= 11 is 6.78. The highest BCUT2D eigenvalue weighted by Gasteiger charge is 2.03. The fraction of sp³-hybridized carbons (Fsp3) is 0.167. The summed E-state index contributed by atoms with van der Waals surface area (Å²) in [5, 5.41) is 7.84. The van der Waals surface area contributed by atoms with Crippen LogP contribution in [0.15, 0.2) is 79.8 Å². The molecule has 0 radical (unpaired) electrons. The van der Waals surface area contributed by atoms with Crippen molar-refractivity contribution < 1.29 is 9.59 Å². The number of hydrogen-bond donors (Lipinski definition) is 2. The molecule has 2 aromatic carbocycles. The standard InChI is InChI=1S/C24H24Br2N4O2/c25-21(15-19-9-3-1-4-10-19)17-27-29-23(31)13-7-8-14-24(32)30-28-18-22(26)16-20-11-5-2-6-12-20/h1-6,9-12,15-18H,7-8,13-14H2,(H,29,31)(H,30,32)/b21-15-,22-16-,27-17?,28-18?. The first-order chi connectivity index (χ1) is 15.5. The first-order valence-corrected chi connectivity index (χ1v) is 11.6. The number of nitrogens with zero attached hydrogens (tertiary/aromatic N) is 2. The number of hydrogen-bond acceptors (Lipinski definition) is 4. The van der Waals surface area contributed by atoms with Gasteiger partial charge in [-0.25, -0.2) is 10.9 Å². The van der Waals surface area contributed by atoms with E-state index >= 15 is 0 Å². The van der Waals surface area contributed by atoms with Gasteiger partial charge in [-0.15, -0.1) is 0 Å². The highest BCUT2D eigenvalue weighted by molar-refractivity contribution is 9.12. The Bertz CT molecular complexity index is 906. The molecule has 2 amide bonds. The molecule has 166 valence electrons. The second-order valence-electron chi connectivity index (χ2n) is 6.67. The lowest BCUT2D eigenvalue weighted by molar-refractivity contribution is -0.123. The summed E-state index contributed by atoms with van der Waals surface area (Å²) in [6.07, 6.45) is 8.59. The fourth-order valence-electron chi connectivity index (χ4n) is 2.51. The van der Waals surface area contributed by atoms with Crippen molar-refractivity contribution in [3.8, 4) is 0 Å². The molecule has 0 atom stereocenters. The summed E-state index contributed by atoms with van der Waals surface area (Å²) < 4.78 is 1.48. The molecule has 32 heavy (non-hydrogen) atoms. The number of allylic oxidation sites excluding steroid dienone is 2. The van der Waals surface area contributed by atoms with Crippen LogP contribution in [0.3, 0.4) is 0 Å². The van der Waals surface area contributed by atoms with Crippen molar-refractivity contribution in [3.63, 3.8) is 0 Å². The van der Waals surface area contributed by atoms with Crippen molar-refractivity contribution in [2.75, 3.05) is 0 Å². The largest absolute Gasteiger partial charge is 0.273 e. The van der Waals surface area contributed by atoms with E-state index in [9.17, 15) is 9.59 Å². The molecule has 0 fully saturated rings. The number of rotatable bonds is 11. The third-order valence-corrected chi connectivity index (χ3v) is 4.89. The minimum absolute atomic E-state index is 0.199. The van der Waals surface area contributed by atoms with Crippen LogP contribution < -0.4 is 10.9 Å². The van der Waals surface area contributed by atoms with E-state index in [-0.39, 0.29) is 11.8 Å². The maximum Gasteiger partial charge on any atom is 0.240 e. The molecule has 0 spiro atoms. The Morgan fingerprint density at radius 3 is 1.44 bits per heavy atom. The van der Waals surface area contributed by atoms with Crippen LogP contribution in [-0.4, -0.2) is 24.2 Å². The van der Waals surface area contributed by atoms with Crippen LogP contribution in [0.4, 0.5) is 0 Å². The Labute approximate surface area is 204 Å². The van der Waals surface area contributed by atoms with E-state index in [0.717, 1.165) is 20.1 Å². The Morgan fingerprint density at radius 2 is 1.06 bits per heavy atom. The van der Waals surface area contributed by atoms with Crippen molar-refractivity contribution >= 4 is 68.3 Å². The van der Waals surface area contributed by atoms with Crippen molar-refractivity contribution in [1.29, 1.82) is 0 Å². The summed E-state index contributed by atoms with van der Waals surface area (Å²) in [7, 11) is 0. The van der Waals surface area contributed by atoms with Gasteiger partial charge in [0, 0.05) is 21.8 Å².